The number of nitrogens with zero attached hydrogens (tertiary/aromatic N) is 2. The zero-order valence-corrected chi connectivity index (χ0v) is 11.7. The molecule has 0 radical (unpaired) electrons. The first-order valence-electron chi connectivity index (χ1n) is 6.20. The molecular formula is C14H10F3N3O3. The third-order valence-corrected chi connectivity index (χ3v) is 2.80. The molecule has 2 aromatic heterocycles. The van der Waals surface area contributed by atoms with Crippen molar-refractivity contribution in [2.24, 2.45) is 0 Å². The molecule has 2 aromatic rings. The lowest BCUT2D eigenvalue weighted by atomic mass is 10.1. The Bertz CT molecular complexity index is 747. The van der Waals surface area contributed by atoms with Crippen LogP contribution in [0.1, 0.15) is 26.4 Å². The quantitative estimate of drug-likeness (QED) is 0.874. The molecule has 2 heterocycles. The van der Waals surface area contributed by atoms with Gasteiger partial charge in [0.25, 0.3) is 11.8 Å². The number of halogens is 3. The highest BCUT2D eigenvalue weighted by Crippen LogP contribution is 2.31. The van der Waals surface area contributed by atoms with Crippen molar-refractivity contribution in [3.63, 3.8) is 0 Å². The van der Waals surface area contributed by atoms with Crippen molar-refractivity contribution in [2.75, 3.05) is 7.11 Å². The fraction of sp³-hybridized carbons (Fsp3) is 0.143. The lowest BCUT2D eigenvalue weighted by molar-refractivity contribution is -0.138. The van der Waals surface area contributed by atoms with Gasteiger partial charge in [-0.2, -0.15) is 13.2 Å². The number of aromatic nitrogens is 2. The predicted octanol–water partition coefficient (Wildman–Crippen LogP) is 2.07. The summed E-state index contributed by atoms with van der Waals surface area (Å²) in [4.78, 5) is 31.0. The average molecular weight is 325 g/mol. The summed E-state index contributed by atoms with van der Waals surface area (Å²) in [7, 11) is 1.37. The van der Waals surface area contributed by atoms with Gasteiger partial charge in [0.2, 0.25) is 0 Å². The van der Waals surface area contributed by atoms with Crippen molar-refractivity contribution in [3.05, 3.63) is 53.6 Å². The van der Waals surface area contributed by atoms with Crippen molar-refractivity contribution in [2.45, 2.75) is 6.18 Å². The maximum atomic E-state index is 12.8. The van der Waals surface area contributed by atoms with Gasteiger partial charge in [0.15, 0.2) is 0 Å². The number of pyridine rings is 2. The summed E-state index contributed by atoms with van der Waals surface area (Å²) >= 11 is 0. The molecule has 1 N–H and O–H groups in total. The van der Waals surface area contributed by atoms with Crippen molar-refractivity contribution >= 4 is 11.8 Å². The number of imide groups is 1. The number of rotatable bonds is 3. The van der Waals surface area contributed by atoms with Crippen LogP contribution in [0.3, 0.4) is 0 Å². The van der Waals surface area contributed by atoms with Crippen molar-refractivity contribution in [1.29, 1.82) is 0 Å². The molecule has 6 nitrogen and oxygen atoms in total. The Morgan fingerprint density at radius 3 is 2.57 bits per heavy atom. The van der Waals surface area contributed by atoms with Gasteiger partial charge in [0.05, 0.1) is 18.2 Å². The minimum Gasteiger partial charge on any atom is -0.497 e. The van der Waals surface area contributed by atoms with Crippen LogP contribution in [0.4, 0.5) is 13.2 Å². The van der Waals surface area contributed by atoms with E-state index in [9.17, 15) is 22.8 Å². The molecule has 120 valence electrons. The first-order valence-corrected chi connectivity index (χ1v) is 6.20. The molecule has 9 heteroatoms. The minimum absolute atomic E-state index is 0.171. The topological polar surface area (TPSA) is 81.2 Å². The van der Waals surface area contributed by atoms with Crippen LogP contribution in [0.2, 0.25) is 0 Å². The number of carbonyl (C=O) groups is 2. The second-order valence-corrected chi connectivity index (χ2v) is 4.28. The average Bonchev–Trinajstić information content (AvgIpc) is 2.54. The van der Waals surface area contributed by atoms with Gasteiger partial charge in [0.1, 0.15) is 11.4 Å². The third-order valence-electron chi connectivity index (χ3n) is 2.80. The zero-order chi connectivity index (χ0) is 17.0. The molecule has 0 aliphatic carbocycles. The lowest BCUT2D eigenvalue weighted by Crippen LogP contribution is -2.32. The van der Waals surface area contributed by atoms with E-state index in [1.54, 1.807) is 0 Å². The molecule has 0 spiro atoms. The maximum absolute atomic E-state index is 12.8. The van der Waals surface area contributed by atoms with Gasteiger partial charge in [-0.05, 0) is 12.1 Å². The molecule has 0 atom stereocenters. The highest BCUT2D eigenvalue weighted by molar-refractivity contribution is 6.10. The summed E-state index contributed by atoms with van der Waals surface area (Å²) in [5.74, 6) is -1.86. The van der Waals surface area contributed by atoms with Gasteiger partial charge in [-0.15, -0.1) is 0 Å². The Hall–Kier alpha value is -2.97. The zero-order valence-electron chi connectivity index (χ0n) is 11.7. The highest BCUT2D eigenvalue weighted by atomic mass is 19.4. The minimum atomic E-state index is -4.74. The Balaban J connectivity index is 2.24. The van der Waals surface area contributed by atoms with Crippen LogP contribution in [-0.4, -0.2) is 28.9 Å². The van der Waals surface area contributed by atoms with Crippen LogP contribution in [0.15, 0.2) is 36.8 Å². The van der Waals surface area contributed by atoms with Gasteiger partial charge in [0, 0.05) is 24.7 Å². The van der Waals surface area contributed by atoms with Crippen LogP contribution in [-0.2, 0) is 6.18 Å². The predicted molar refractivity (Wildman–Crippen MR) is 71.8 cm³/mol. The van der Waals surface area contributed by atoms with E-state index in [-0.39, 0.29) is 5.69 Å². The standard InChI is InChI=1S/C14H10F3N3O3/c1-23-8-2-5-19-11(6-8)13(22)20-12(21)9-7-18-4-3-10(9)14(15,16)17/h2-7H,1H3,(H,20,21,22). The molecule has 0 bridgehead atoms. The maximum Gasteiger partial charge on any atom is 0.417 e. The van der Waals surface area contributed by atoms with Crippen molar-refractivity contribution in [1.82, 2.24) is 15.3 Å². The van der Waals surface area contributed by atoms with E-state index in [1.165, 1.54) is 25.4 Å². The second-order valence-electron chi connectivity index (χ2n) is 4.28. The van der Waals surface area contributed by atoms with E-state index in [0.29, 0.717) is 11.8 Å². The number of alkyl halides is 3. The number of ether oxygens (including phenoxy) is 1. The number of hydrogen-bond donors (Lipinski definition) is 1. The number of amides is 2. The van der Waals surface area contributed by atoms with Crippen LogP contribution in [0.25, 0.3) is 0 Å². The number of methoxy groups -OCH3 is 1. The molecular weight excluding hydrogens is 315 g/mol. The molecule has 0 aliphatic heterocycles. The van der Waals surface area contributed by atoms with E-state index in [4.69, 9.17) is 4.74 Å². The van der Waals surface area contributed by atoms with Crippen LogP contribution < -0.4 is 10.1 Å². The van der Waals surface area contributed by atoms with E-state index in [2.05, 4.69) is 9.97 Å². The monoisotopic (exact) mass is 325 g/mol. The van der Waals surface area contributed by atoms with E-state index < -0.39 is 29.1 Å². The molecule has 0 aliphatic rings. The van der Waals surface area contributed by atoms with Gasteiger partial charge in [-0.25, -0.2) is 0 Å². The Morgan fingerprint density at radius 2 is 1.91 bits per heavy atom. The fourth-order valence-corrected chi connectivity index (χ4v) is 1.72. The SMILES string of the molecule is COc1ccnc(C(=O)NC(=O)c2cnccc2C(F)(F)F)c1. The Morgan fingerprint density at radius 1 is 1.17 bits per heavy atom. The van der Waals surface area contributed by atoms with Crippen LogP contribution in [0.5, 0.6) is 5.75 Å². The number of carbonyl (C=O) groups excluding carboxylic acids is 2. The van der Waals surface area contributed by atoms with Crippen LogP contribution in [0, 0.1) is 0 Å². The van der Waals surface area contributed by atoms with Gasteiger partial charge >= 0.3 is 6.18 Å². The summed E-state index contributed by atoms with van der Waals surface area (Å²) in [6.45, 7) is 0. The normalized spacial score (nSPS) is 11.0. The smallest absolute Gasteiger partial charge is 0.417 e. The molecule has 0 unspecified atom stereocenters. The first kappa shape index (κ1) is 16.4. The summed E-state index contributed by atoms with van der Waals surface area (Å²) in [6.07, 6.45) is -1.83. The van der Waals surface area contributed by atoms with Gasteiger partial charge in [-0.3, -0.25) is 24.9 Å². The number of nitrogens with one attached hydrogen (secondary N) is 1. The Labute approximate surface area is 128 Å². The summed E-state index contributed by atoms with van der Waals surface area (Å²) in [6, 6.07) is 3.38. The van der Waals surface area contributed by atoms with Gasteiger partial charge in [-0.1, -0.05) is 0 Å². The Kier molecular flexibility index (Phi) is 4.58. The molecule has 0 fully saturated rings. The first-order chi connectivity index (χ1) is 10.8. The highest BCUT2D eigenvalue weighted by Gasteiger charge is 2.35. The van der Waals surface area contributed by atoms with Crippen molar-refractivity contribution < 1.29 is 27.5 Å². The molecule has 23 heavy (non-hydrogen) atoms. The van der Waals surface area contributed by atoms with E-state index in [1.807, 2.05) is 5.32 Å². The fourth-order valence-electron chi connectivity index (χ4n) is 1.72. The van der Waals surface area contributed by atoms with Gasteiger partial charge < -0.3 is 4.74 Å². The molecule has 0 saturated carbocycles. The molecule has 2 amide bonds. The number of hydrogen-bond acceptors (Lipinski definition) is 5. The summed E-state index contributed by atoms with van der Waals surface area (Å²) in [5.41, 5.74) is -2.11. The van der Waals surface area contributed by atoms with Crippen molar-refractivity contribution in [3.8, 4) is 5.75 Å². The molecule has 0 saturated heterocycles. The van der Waals surface area contributed by atoms with E-state index >= 15 is 0 Å². The molecule has 0 aromatic carbocycles. The lowest BCUT2D eigenvalue weighted by Gasteiger charge is -2.11. The third kappa shape index (κ3) is 3.82. The largest absolute Gasteiger partial charge is 0.497 e. The molecule has 2 rings (SSSR count). The van der Waals surface area contributed by atoms with Crippen LogP contribution >= 0.6 is 0 Å². The second kappa shape index (κ2) is 6.42. The van der Waals surface area contributed by atoms with E-state index in [0.717, 1.165) is 12.4 Å². The summed E-state index contributed by atoms with van der Waals surface area (Å²) < 4.78 is 43.4. The summed E-state index contributed by atoms with van der Waals surface area (Å²) in [5, 5.41) is 1.84.